The molecule has 1 N–H and O–H groups in total. The summed E-state index contributed by atoms with van der Waals surface area (Å²) < 4.78 is 40.3. The van der Waals surface area contributed by atoms with Crippen molar-refractivity contribution >= 4 is 5.97 Å². The topological polar surface area (TPSA) is 55.8 Å². The van der Waals surface area contributed by atoms with Gasteiger partial charge in [0.1, 0.15) is 18.2 Å². The molecule has 4 nitrogen and oxygen atoms in total. The Morgan fingerprint density at radius 3 is 2.31 bits per heavy atom. The van der Waals surface area contributed by atoms with Gasteiger partial charge in [0.2, 0.25) is 0 Å². The van der Waals surface area contributed by atoms with Crippen LogP contribution in [-0.4, -0.2) is 18.2 Å². The molecule has 0 fully saturated rings. The van der Waals surface area contributed by atoms with Gasteiger partial charge in [0.05, 0.1) is 13.5 Å². The number of ether oxygens (including phenoxy) is 2. The molecule has 0 aliphatic heterocycles. The number of aliphatic carboxylic acids is 1. The van der Waals surface area contributed by atoms with Crippen LogP contribution in [0.5, 0.6) is 11.5 Å². The van der Waals surface area contributed by atoms with Crippen LogP contribution in [0.2, 0.25) is 0 Å². The van der Waals surface area contributed by atoms with Crippen LogP contribution in [0.15, 0.2) is 54.6 Å². The van der Waals surface area contributed by atoms with Crippen LogP contribution in [-0.2, 0) is 16.8 Å². The second-order valence-electron chi connectivity index (χ2n) is 9.66. The van der Waals surface area contributed by atoms with Crippen LogP contribution >= 0.6 is 0 Å². The van der Waals surface area contributed by atoms with Crippen molar-refractivity contribution in [1.82, 2.24) is 0 Å². The molecule has 0 aliphatic rings. The van der Waals surface area contributed by atoms with E-state index in [9.17, 15) is 13.6 Å². The summed E-state index contributed by atoms with van der Waals surface area (Å²) in [7, 11) is 1.54. The predicted molar refractivity (Wildman–Crippen MR) is 133 cm³/mol. The zero-order valence-electron chi connectivity index (χ0n) is 20.8. The monoisotopic (exact) mass is 482 g/mol. The van der Waals surface area contributed by atoms with Crippen molar-refractivity contribution in [3.8, 4) is 22.6 Å². The van der Waals surface area contributed by atoms with E-state index >= 15 is 0 Å². The fourth-order valence-electron chi connectivity index (χ4n) is 4.13. The summed E-state index contributed by atoms with van der Waals surface area (Å²) in [5.74, 6) is -1.33. The van der Waals surface area contributed by atoms with Gasteiger partial charge in [0.25, 0.3) is 0 Å². The molecule has 0 heterocycles. The standard InChI is InChI=1S/C29H32F2O4/c1-6-19(15-28(32)33)20-8-11-26(31)27(14-20)35-17-18-7-10-22(24(13-18)29(2,3)4)23-16-21(34-5)9-12-25(23)30/h7-14,16,19H,6,15,17H2,1-5H3,(H,32,33). The van der Waals surface area contributed by atoms with Crippen LogP contribution in [0.25, 0.3) is 11.1 Å². The average Bonchev–Trinajstić information content (AvgIpc) is 2.81. The molecule has 0 amide bonds. The Hall–Kier alpha value is -3.41. The molecule has 3 aromatic rings. The van der Waals surface area contributed by atoms with Crippen molar-refractivity contribution in [1.29, 1.82) is 0 Å². The first kappa shape index (κ1) is 26.2. The van der Waals surface area contributed by atoms with E-state index in [-0.39, 0.29) is 35.9 Å². The molecule has 6 heteroatoms. The zero-order valence-corrected chi connectivity index (χ0v) is 20.8. The van der Waals surface area contributed by atoms with Crippen LogP contribution in [0.3, 0.4) is 0 Å². The zero-order chi connectivity index (χ0) is 25.8. The molecule has 0 radical (unpaired) electrons. The molecule has 0 bridgehead atoms. The summed E-state index contributed by atoms with van der Waals surface area (Å²) >= 11 is 0. The molecule has 0 spiro atoms. The first-order valence-electron chi connectivity index (χ1n) is 11.6. The van der Waals surface area contributed by atoms with E-state index in [2.05, 4.69) is 0 Å². The maximum Gasteiger partial charge on any atom is 0.303 e. The number of hydrogen-bond donors (Lipinski definition) is 1. The van der Waals surface area contributed by atoms with E-state index in [0.29, 0.717) is 17.7 Å². The minimum Gasteiger partial charge on any atom is -0.497 e. The van der Waals surface area contributed by atoms with Gasteiger partial charge < -0.3 is 14.6 Å². The Morgan fingerprint density at radius 1 is 0.971 bits per heavy atom. The number of rotatable bonds is 9. The lowest BCUT2D eigenvalue weighted by Gasteiger charge is -2.25. The number of methoxy groups -OCH3 is 1. The summed E-state index contributed by atoms with van der Waals surface area (Å²) in [6.45, 7) is 8.15. The SMILES string of the molecule is CCC(CC(=O)O)c1ccc(F)c(OCc2ccc(-c3cc(OC)ccc3F)c(C(C)(C)C)c2)c1. The third-order valence-corrected chi connectivity index (χ3v) is 6.09. The van der Waals surface area contributed by atoms with Gasteiger partial charge >= 0.3 is 5.97 Å². The van der Waals surface area contributed by atoms with E-state index in [1.54, 1.807) is 31.4 Å². The third-order valence-electron chi connectivity index (χ3n) is 6.09. The van der Waals surface area contributed by atoms with Crippen molar-refractivity contribution in [2.24, 2.45) is 0 Å². The molecule has 35 heavy (non-hydrogen) atoms. The highest BCUT2D eigenvalue weighted by Crippen LogP contribution is 2.37. The Labute approximate surface area is 205 Å². The Morgan fingerprint density at radius 2 is 1.69 bits per heavy atom. The number of carboxylic acid groups (broad SMARTS) is 1. The fourth-order valence-corrected chi connectivity index (χ4v) is 4.13. The molecule has 186 valence electrons. The second-order valence-corrected chi connectivity index (χ2v) is 9.66. The van der Waals surface area contributed by atoms with E-state index < -0.39 is 11.8 Å². The normalized spacial score (nSPS) is 12.3. The van der Waals surface area contributed by atoms with Crippen LogP contribution in [0, 0.1) is 11.6 Å². The van der Waals surface area contributed by atoms with Crippen molar-refractivity contribution in [2.75, 3.05) is 7.11 Å². The van der Waals surface area contributed by atoms with Gasteiger partial charge in [-0.05, 0) is 70.3 Å². The average molecular weight is 483 g/mol. The minimum absolute atomic E-state index is 0.0290. The number of carbonyl (C=O) groups is 1. The van der Waals surface area contributed by atoms with Gasteiger partial charge in [0.15, 0.2) is 11.6 Å². The minimum atomic E-state index is -0.897. The molecule has 3 rings (SSSR count). The lowest BCUT2D eigenvalue weighted by molar-refractivity contribution is -0.137. The lowest BCUT2D eigenvalue weighted by atomic mass is 9.81. The summed E-state index contributed by atoms with van der Waals surface area (Å²) in [5.41, 5.74) is 3.37. The highest BCUT2D eigenvalue weighted by Gasteiger charge is 2.22. The van der Waals surface area contributed by atoms with Gasteiger partial charge in [-0.25, -0.2) is 8.78 Å². The molecule has 1 atom stereocenters. The molecule has 0 saturated heterocycles. The molecule has 1 unspecified atom stereocenters. The number of hydrogen-bond acceptors (Lipinski definition) is 3. The van der Waals surface area contributed by atoms with Crippen molar-refractivity contribution in [3.63, 3.8) is 0 Å². The Bertz CT molecular complexity index is 1200. The maximum atomic E-state index is 14.7. The predicted octanol–water partition coefficient (Wildman–Crippen LogP) is 7.49. The lowest BCUT2D eigenvalue weighted by Crippen LogP contribution is -2.14. The van der Waals surface area contributed by atoms with Gasteiger partial charge in [-0.1, -0.05) is 52.0 Å². The largest absolute Gasteiger partial charge is 0.497 e. The van der Waals surface area contributed by atoms with E-state index in [1.165, 1.54) is 12.1 Å². The van der Waals surface area contributed by atoms with Crippen molar-refractivity contribution in [2.45, 2.75) is 58.5 Å². The van der Waals surface area contributed by atoms with Gasteiger partial charge in [-0.15, -0.1) is 0 Å². The van der Waals surface area contributed by atoms with E-state index in [4.69, 9.17) is 14.6 Å². The molecule has 3 aromatic carbocycles. The van der Waals surface area contributed by atoms with E-state index in [0.717, 1.165) is 22.3 Å². The summed E-state index contributed by atoms with van der Waals surface area (Å²) in [6, 6.07) is 14.8. The second kappa shape index (κ2) is 10.9. The Balaban J connectivity index is 1.91. The quantitative estimate of drug-likeness (QED) is 0.343. The molecule has 0 aliphatic carbocycles. The Kier molecular flexibility index (Phi) is 8.15. The maximum absolute atomic E-state index is 14.7. The van der Waals surface area contributed by atoms with Crippen LogP contribution in [0.1, 0.15) is 63.1 Å². The fraction of sp³-hybridized carbons (Fsp3) is 0.345. The third kappa shape index (κ3) is 6.38. The van der Waals surface area contributed by atoms with Gasteiger partial charge in [0, 0.05) is 5.56 Å². The van der Waals surface area contributed by atoms with E-state index in [1.807, 2.05) is 45.9 Å². The number of carboxylic acids is 1. The van der Waals surface area contributed by atoms with Crippen LogP contribution in [0.4, 0.5) is 8.78 Å². The molecular weight excluding hydrogens is 450 g/mol. The highest BCUT2D eigenvalue weighted by molar-refractivity contribution is 5.71. The van der Waals surface area contributed by atoms with Gasteiger partial charge in [-0.2, -0.15) is 0 Å². The molecular formula is C29H32F2O4. The van der Waals surface area contributed by atoms with Crippen LogP contribution < -0.4 is 9.47 Å². The summed E-state index contributed by atoms with van der Waals surface area (Å²) in [4.78, 5) is 11.2. The number of halogens is 2. The van der Waals surface area contributed by atoms with Crippen molar-refractivity contribution in [3.05, 3.63) is 82.9 Å². The number of benzene rings is 3. The van der Waals surface area contributed by atoms with Gasteiger partial charge in [-0.3, -0.25) is 4.79 Å². The summed E-state index contributed by atoms with van der Waals surface area (Å²) in [6.07, 6.45) is 0.591. The molecule has 0 aromatic heterocycles. The first-order valence-corrected chi connectivity index (χ1v) is 11.6. The highest BCUT2D eigenvalue weighted by atomic mass is 19.1. The first-order chi connectivity index (χ1) is 16.5. The molecule has 0 saturated carbocycles. The summed E-state index contributed by atoms with van der Waals surface area (Å²) in [5, 5.41) is 9.16. The smallest absolute Gasteiger partial charge is 0.303 e. The van der Waals surface area contributed by atoms with Crippen molar-refractivity contribution < 1.29 is 28.2 Å².